The Bertz CT molecular complexity index is 851. The summed E-state index contributed by atoms with van der Waals surface area (Å²) >= 11 is 0. The molecule has 0 bridgehead atoms. The number of nitrogens with one attached hydrogen (secondary N) is 1. The van der Waals surface area contributed by atoms with Crippen LogP contribution in [-0.2, 0) is 0 Å². The van der Waals surface area contributed by atoms with E-state index >= 15 is 0 Å². The summed E-state index contributed by atoms with van der Waals surface area (Å²) < 4.78 is 11.2. The van der Waals surface area contributed by atoms with E-state index in [1.807, 2.05) is 48.5 Å². The smallest absolute Gasteiger partial charge is 0.185 e. The van der Waals surface area contributed by atoms with Crippen molar-refractivity contribution >= 4 is 11.5 Å². The highest BCUT2D eigenvalue weighted by Crippen LogP contribution is 2.21. The van der Waals surface area contributed by atoms with Gasteiger partial charge in [-0.2, -0.15) is 0 Å². The monoisotopic (exact) mass is 509 g/mol. The van der Waals surface area contributed by atoms with E-state index in [2.05, 4.69) is 12.2 Å². The fraction of sp³-hybridized carbons (Fsp3) is 0.606. The van der Waals surface area contributed by atoms with Crippen LogP contribution >= 0.6 is 0 Å². The summed E-state index contributed by atoms with van der Waals surface area (Å²) in [6.45, 7) is 3.16. The lowest BCUT2D eigenvalue weighted by Gasteiger charge is -2.12. The van der Waals surface area contributed by atoms with Gasteiger partial charge in [0.2, 0.25) is 0 Å². The van der Waals surface area contributed by atoms with Gasteiger partial charge in [0.15, 0.2) is 5.78 Å². The van der Waals surface area contributed by atoms with Gasteiger partial charge in [-0.1, -0.05) is 121 Å². The van der Waals surface area contributed by atoms with E-state index in [1.54, 1.807) is 7.11 Å². The fourth-order valence-corrected chi connectivity index (χ4v) is 4.67. The summed E-state index contributed by atoms with van der Waals surface area (Å²) in [6.07, 6.45) is 21.7. The Morgan fingerprint density at radius 2 is 1.27 bits per heavy atom. The summed E-state index contributed by atoms with van der Waals surface area (Å²) in [7, 11) is 1.64. The van der Waals surface area contributed by atoms with Crippen LogP contribution in [0.5, 0.6) is 11.5 Å². The lowest BCUT2D eigenvalue weighted by Crippen LogP contribution is -2.15. The predicted octanol–water partition coefficient (Wildman–Crippen LogP) is 9.63. The number of hydrogen-bond acceptors (Lipinski definition) is 4. The van der Waals surface area contributed by atoms with Gasteiger partial charge in [0.05, 0.1) is 25.8 Å². The molecule has 0 aliphatic carbocycles. The minimum Gasteiger partial charge on any atom is -0.497 e. The van der Waals surface area contributed by atoms with Gasteiger partial charge < -0.3 is 14.8 Å². The highest BCUT2D eigenvalue weighted by molar-refractivity contribution is 6.01. The van der Waals surface area contributed by atoms with Crippen molar-refractivity contribution in [3.8, 4) is 11.5 Å². The van der Waals surface area contributed by atoms with Gasteiger partial charge in [0.1, 0.15) is 11.5 Å². The van der Waals surface area contributed by atoms with Crippen molar-refractivity contribution in [2.75, 3.05) is 25.6 Å². The van der Waals surface area contributed by atoms with Crippen LogP contribution in [0.1, 0.15) is 120 Å². The van der Waals surface area contributed by atoms with Crippen molar-refractivity contribution in [2.24, 2.45) is 0 Å². The van der Waals surface area contributed by atoms with Crippen molar-refractivity contribution in [1.29, 1.82) is 0 Å². The minimum absolute atomic E-state index is 0.0189. The van der Waals surface area contributed by atoms with Crippen LogP contribution in [-0.4, -0.2) is 26.0 Å². The molecule has 0 atom stereocenters. The van der Waals surface area contributed by atoms with Gasteiger partial charge in [-0.3, -0.25) is 4.79 Å². The molecule has 1 N–H and O–H groups in total. The number of methoxy groups -OCH3 is 1. The summed E-state index contributed by atoms with van der Waals surface area (Å²) in [6, 6.07) is 15.2. The van der Waals surface area contributed by atoms with Gasteiger partial charge in [-0.05, 0) is 30.7 Å². The molecule has 2 aromatic carbocycles. The first-order valence-corrected chi connectivity index (χ1v) is 14.9. The third-order valence-corrected chi connectivity index (χ3v) is 6.97. The molecule has 0 heterocycles. The van der Waals surface area contributed by atoms with Crippen LogP contribution in [0.25, 0.3) is 0 Å². The second kappa shape index (κ2) is 20.6. The molecule has 37 heavy (non-hydrogen) atoms. The molecular weight excluding hydrogens is 458 g/mol. The molecule has 0 unspecified atom stereocenters. The number of carbonyl (C=O) groups excluding carboxylic acids is 1. The fourth-order valence-electron chi connectivity index (χ4n) is 4.67. The maximum absolute atomic E-state index is 12.8. The molecule has 0 saturated heterocycles. The highest BCUT2D eigenvalue weighted by atomic mass is 16.5. The van der Waals surface area contributed by atoms with Gasteiger partial charge in [-0.15, -0.1) is 0 Å². The van der Waals surface area contributed by atoms with E-state index in [-0.39, 0.29) is 12.3 Å². The highest BCUT2D eigenvalue weighted by Gasteiger charge is 2.12. The number of para-hydroxylation sites is 1. The quantitative estimate of drug-likeness (QED) is 0.120. The summed E-state index contributed by atoms with van der Waals surface area (Å²) in [5, 5.41) is 3.19. The van der Waals surface area contributed by atoms with Crippen molar-refractivity contribution in [2.45, 2.75) is 110 Å². The number of hydrogen-bond donors (Lipinski definition) is 1. The molecule has 206 valence electrons. The van der Waals surface area contributed by atoms with Crippen molar-refractivity contribution in [3.63, 3.8) is 0 Å². The zero-order chi connectivity index (χ0) is 26.4. The van der Waals surface area contributed by atoms with Crippen molar-refractivity contribution in [3.05, 3.63) is 54.1 Å². The molecule has 2 aromatic rings. The van der Waals surface area contributed by atoms with Crippen LogP contribution in [0.4, 0.5) is 5.69 Å². The number of anilines is 1. The Kier molecular flexibility index (Phi) is 17.1. The first-order chi connectivity index (χ1) is 18.2. The Balaban J connectivity index is 1.49. The molecule has 0 aromatic heterocycles. The zero-order valence-corrected chi connectivity index (χ0v) is 23.6. The van der Waals surface area contributed by atoms with Gasteiger partial charge in [-0.25, -0.2) is 0 Å². The molecular formula is C33H51NO3. The number of ketones is 1. The van der Waals surface area contributed by atoms with E-state index in [9.17, 15) is 4.79 Å². The third kappa shape index (κ3) is 14.1. The molecule has 4 heteroatoms. The Labute approximate surface area is 226 Å². The second-order valence-corrected chi connectivity index (χ2v) is 10.2. The van der Waals surface area contributed by atoms with Crippen LogP contribution < -0.4 is 14.8 Å². The van der Waals surface area contributed by atoms with Crippen LogP contribution in [0.15, 0.2) is 48.5 Å². The first kappa shape index (κ1) is 30.7. The predicted molar refractivity (Wildman–Crippen MR) is 157 cm³/mol. The van der Waals surface area contributed by atoms with Crippen molar-refractivity contribution in [1.82, 2.24) is 0 Å². The maximum Gasteiger partial charge on any atom is 0.185 e. The lowest BCUT2D eigenvalue weighted by atomic mass is 10.0. The molecule has 2 rings (SSSR count). The van der Waals surface area contributed by atoms with Gasteiger partial charge in [0, 0.05) is 11.8 Å². The Morgan fingerprint density at radius 3 is 1.86 bits per heavy atom. The van der Waals surface area contributed by atoms with E-state index in [0.717, 1.165) is 17.9 Å². The van der Waals surface area contributed by atoms with Crippen LogP contribution in [0, 0.1) is 0 Å². The third-order valence-electron chi connectivity index (χ3n) is 6.97. The molecule has 0 saturated carbocycles. The summed E-state index contributed by atoms with van der Waals surface area (Å²) in [5.41, 5.74) is 1.49. The molecule has 0 aliphatic rings. The number of rotatable bonds is 23. The average molecular weight is 510 g/mol. The Morgan fingerprint density at radius 1 is 0.703 bits per heavy atom. The molecule has 0 aliphatic heterocycles. The topological polar surface area (TPSA) is 47.6 Å². The van der Waals surface area contributed by atoms with Crippen LogP contribution in [0.3, 0.4) is 0 Å². The van der Waals surface area contributed by atoms with Gasteiger partial charge >= 0.3 is 0 Å². The van der Waals surface area contributed by atoms with Crippen molar-refractivity contribution < 1.29 is 14.3 Å². The number of unbranched alkanes of at least 4 members (excludes halogenated alkanes) is 15. The molecule has 0 fully saturated rings. The maximum atomic E-state index is 12.8. The largest absolute Gasteiger partial charge is 0.497 e. The normalized spacial score (nSPS) is 10.9. The average Bonchev–Trinajstić information content (AvgIpc) is 2.93. The molecule has 4 nitrogen and oxygen atoms in total. The van der Waals surface area contributed by atoms with E-state index in [4.69, 9.17) is 9.47 Å². The Hall–Kier alpha value is -2.49. The van der Waals surface area contributed by atoms with E-state index < -0.39 is 0 Å². The number of Topliss-reactive ketones (excluding diaryl/α,β-unsaturated/α-hetero) is 1. The van der Waals surface area contributed by atoms with Crippen LogP contribution in [0.2, 0.25) is 0 Å². The number of ether oxygens (including phenoxy) is 2. The van der Waals surface area contributed by atoms with E-state index in [1.165, 1.54) is 96.3 Å². The molecule has 0 radical (unpaired) electrons. The SMILES string of the molecule is CCCCCCCCCCCCCCCCCCOc1ccccc1C(=O)CNc1cccc(OC)c1. The minimum atomic E-state index is 0.0189. The first-order valence-electron chi connectivity index (χ1n) is 14.9. The lowest BCUT2D eigenvalue weighted by molar-refractivity contribution is 0.100. The standard InChI is InChI=1S/C33H51NO3/c1-3-4-5-6-7-8-9-10-11-12-13-14-15-16-17-20-26-37-33-25-19-18-24-31(33)32(35)28-34-29-22-21-23-30(27-29)36-2/h18-19,21-25,27,34H,3-17,20,26,28H2,1-2H3. The number of carbonyl (C=O) groups is 1. The molecule has 0 amide bonds. The summed E-state index contributed by atoms with van der Waals surface area (Å²) in [4.78, 5) is 12.8. The molecule has 0 spiro atoms. The second-order valence-electron chi connectivity index (χ2n) is 10.2. The summed E-state index contributed by atoms with van der Waals surface area (Å²) in [5.74, 6) is 1.46. The van der Waals surface area contributed by atoms with Gasteiger partial charge in [0.25, 0.3) is 0 Å². The van der Waals surface area contributed by atoms with E-state index in [0.29, 0.717) is 17.9 Å². The zero-order valence-electron chi connectivity index (χ0n) is 23.6. The number of benzene rings is 2.